The van der Waals surface area contributed by atoms with Crippen molar-refractivity contribution in [2.75, 3.05) is 0 Å². The number of aromatic nitrogens is 1. The van der Waals surface area contributed by atoms with Gasteiger partial charge in [-0.15, -0.1) is 0 Å². The minimum absolute atomic E-state index is 0.0456. The first kappa shape index (κ1) is 15.8. The highest BCUT2D eigenvalue weighted by Gasteiger charge is 2.18. The monoisotopic (exact) mass is 373 g/mol. The molecule has 1 saturated carbocycles. The quantitative estimate of drug-likeness (QED) is 0.898. The highest BCUT2D eigenvalue weighted by atomic mass is 79.9. The summed E-state index contributed by atoms with van der Waals surface area (Å²) >= 11 is 3.34. The molecule has 3 rings (SSSR count). The van der Waals surface area contributed by atoms with Gasteiger partial charge in [0, 0.05) is 22.1 Å². The molecule has 1 amide bonds. The molecule has 118 valence electrons. The Morgan fingerprint density at radius 1 is 1.39 bits per heavy atom. The van der Waals surface area contributed by atoms with Crippen molar-refractivity contribution in [1.82, 2.24) is 9.88 Å². The Bertz CT molecular complexity index is 860. The lowest BCUT2D eigenvalue weighted by Crippen LogP contribution is -2.35. The number of benzene rings is 1. The summed E-state index contributed by atoms with van der Waals surface area (Å²) < 4.78 is 2.44. The van der Waals surface area contributed by atoms with E-state index in [4.69, 9.17) is 5.26 Å². The number of nitrogens with one attached hydrogen (secondary N) is 1. The van der Waals surface area contributed by atoms with Crippen molar-refractivity contribution in [2.24, 2.45) is 0 Å². The molecular formula is C17H16BrN3O2. The molecule has 1 aliphatic rings. The molecule has 0 unspecified atom stereocenters. The molecule has 1 aliphatic carbocycles. The second-order valence-corrected chi connectivity index (χ2v) is 6.74. The maximum absolute atomic E-state index is 12.3. The second kappa shape index (κ2) is 6.55. The predicted molar refractivity (Wildman–Crippen MR) is 91.0 cm³/mol. The molecule has 1 N–H and O–H groups in total. The minimum Gasteiger partial charge on any atom is -0.352 e. The third-order valence-corrected chi connectivity index (χ3v) is 4.69. The van der Waals surface area contributed by atoms with Gasteiger partial charge in [0.15, 0.2) is 0 Å². The van der Waals surface area contributed by atoms with Crippen LogP contribution in [0.25, 0.3) is 10.9 Å². The fourth-order valence-electron chi connectivity index (χ4n) is 3.08. The number of hydrogen-bond acceptors (Lipinski definition) is 3. The molecule has 0 radical (unpaired) electrons. The van der Waals surface area contributed by atoms with Crippen LogP contribution in [0, 0.1) is 11.3 Å². The van der Waals surface area contributed by atoms with E-state index < -0.39 is 0 Å². The smallest absolute Gasteiger partial charge is 0.240 e. The SMILES string of the molecule is N#Cc1cn(CC(=O)NC2CCCC2)c2ccc(Br)cc2c1=O. The second-order valence-electron chi connectivity index (χ2n) is 5.82. The molecule has 2 aromatic rings. The van der Waals surface area contributed by atoms with Gasteiger partial charge in [-0.3, -0.25) is 9.59 Å². The molecule has 1 aromatic heterocycles. The van der Waals surface area contributed by atoms with Crippen LogP contribution in [-0.4, -0.2) is 16.5 Å². The molecule has 0 bridgehead atoms. The number of fused-ring (bicyclic) bond motifs is 1. The molecule has 0 spiro atoms. The standard InChI is InChI=1S/C17H16BrN3O2/c18-12-5-6-15-14(7-12)17(23)11(8-19)9-21(15)10-16(22)20-13-3-1-2-4-13/h5-7,9,13H,1-4,10H2,(H,20,22). The fourth-order valence-corrected chi connectivity index (χ4v) is 3.44. The van der Waals surface area contributed by atoms with Crippen LogP contribution >= 0.6 is 15.9 Å². The highest BCUT2D eigenvalue weighted by Crippen LogP contribution is 2.19. The summed E-state index contributed by atoms with van der Waals surface area (Å²) in [5.41, 5.74) is 0.388. The van der Waals surface area contributed by atoms with Gasteiger partial charge in [-0.2, -0.15) is 5.26 Å². The van der Waals surface area contributed by atoms with Gasteiger partial charge in [-0.1, -0.05) is 28.8 Å². The number of rotatable bonds is 3. The Hall–Kier alpha value is -2.13. The van der Waals surface area contributed by atoms with Crippen molar-refractivity contribution >= 4 is 32.7 Å². The molecule has 23 heavy (non-hydrogen) atoms. The van der Waals surface area contributed by atoms with Gasteiger partial charge in [-0.25, -0.2) is 0 Å². The van der Waals surface area contributed by atoms with Crippen LogP contribution in [0.1, 0.15) is 31.2 Å². The van der Waals surface area contributed by atoms with Crippen LogP contribution < -0.4 is 10.7 Å². The Kier molecular flexibility index (Phi) is 4.49. The van der Waals surface area contributed by atoms with Crippen LogP contribution in [0.3, 0.4) is 0 Å². The van der Waals surface area contributed by atoms with E-state index in [0.717, 1.165) is 30.2 Å². The maximum atomic E-state index is 12.3. The summed E-state index contributed by atoms with van der Waals surface area (Å²) in [5, 5.41) is 12.6. The van der Waals surface area contributed by atoms with Crippen molar-refractivity contribution < 1.29 is 4.79 Å². The minimum atomic E-state index is -0.309. The molecule has 1 heterocycles. The number of pyridine rings is 1. The number of nitriles is 1. The Morgan fingerprint density at radius 3 is 2.83 bits per heavy atom. The Morgan fingerprint density at radius 2 is 2.13 bits per heavy atom. The maximum Gasteiger partial charge on any atom is 0.240 e. The van der Waals surface area contributed by atoms with E-state index in [1.54, 1.807) is 16.7 Å². The van der Waals surface area contributed by atoms with Gasteiger partial charge >= 0.3 is 0 Å². The molecule has 1 aromatic carbocycles. The molecular weight excluding hydrogens is 358 g/mol. The number of halogens is 1. The molecule has 5 nitrogen and oxygen atoms in total. The first-order valence-corrected chi connectivity index (χ1v) is 8.40. The van der Waals surface area contributed by atoms with Crippen molar-refractivity contribution in [3.8, 4) is 6.07 Å². The van der Waals surface area contributed by atoms with E-state index in [1.807, 2.05) is 12.1 Å². The summed E-state index contributed by atoms with van der Waals surface area (Å²) in [6, 6.07) is 7.45. The summed E-state index contributed by atoms with van der Waals surface area (Å²) in [4.78, 5) is 24.5. The highest BCUT2D eigenvalue weighted by molar-refractivity contribution is 9.10. The Labute approximate surface area is 142 Å². The van der Waals surface area contributed by atoms with Gasteiger partial charge in [0.25, 0.3) is 0 Å². The summed E-state index contributed by atoms with van der Waals surface area (Å²) in [6.07, 6.45) is 5.81. The van der Waals surface area contributed by atoms with Gasteiger partial charge in [0.05, 0.1) is 5.52 Å². The molecule has 0 saturated heterocycles. The van der Waals surface area contributed by atoms with Crippen molar-refractivity contribution in [2.45, 2.75) is 38.3 Å². The number of carbonyl (C=O) groups excluding carboxylic acids is 1. The Balaban J connectivity index is 1.96. The number of nitrogens with zero attached hydrogens (tertiary/aromatic N) is 2. The van der Waals surface area contributed by atoms with Gasteiger partial charge in [0.1, 0.15) is 18.2 Å². The molecule has 1 fully saturated rings. The fraction of sp³-hybridized carbons (Fsp3) is 0.353. The summed E-state index contributed by atoms with van der Waals surface area (Å²) in [5.74, 6) is -0.0892. The topological polar surface area (TPSA) is 74.9 Å². The molecule has 6 heteroatoms. The van der Waals surface area contributed by atoms with Crippen LogP contribution in [0.15, 0.2) is 33.7 Å². The van der Waals surface area contributed by atoms with Crippen molar-refractivity contribution in [3.63, 3.8) is 0 Å². The zero-order valence-corrected chi connectivity index (χ0v) is 14.1. The lowest BCUT2D eigenvalue weighted by Gasteiger charge is -2.15. The van der Waals surface area contributed by atoms with Crippen LogP contribution in [0.2, 0.25) is 0 Å². The largest absolute Gasteiger partial charge is 0.352 e. The number of hydrogen-bond donors (Lipinski definition) is 1. The lowest BCUT2D eigenvalue weighted by molar-refractivity contribution is -0.122. The lowest BCUT2D eigenvalue weighted by atomic mass is 10.1. The number of amides is 1. The van der Waals surface area contributed by atoms with E-state index in [9.17, 15) is 9.59 Å². The summed E-state index contributed by atoms with van der Waals surface area (Å²) in [7, 11) is 0. The van der Waals surface area contributed by atoms with Gasteiger partial charge in [0.2, 0.25) is 11.3 Å². The van der Waals surface area contributed by atoms with E-state index in [1.165, 1.54) is 6.20 Å². The average Bonchev–Trinajstić information content (AvgIpc) is 3.03. The summed E-state index contributed by atoms with van der Waals surface area (Å²) in [6.45, 7) is 0.101. The van der Waals surface area contributed by atoms with E-state index >= 15 is 0 Å². The van der Waals surface area contributed by atoms with Gasteiger partial charge < -0.3 is 9.88 Å². The van der Waals surface area contributed by atoms with Crippen molar-refractivity contribution in [3.05, 3.63) is 44.7 Å². The first-order valence-electron chi connectivity index (χ1n) is 7.60. The zero-order valence-electron chi connectivity index (χ0n) is 12.5. The predicted octanol–water partition coefficient (Wildman–Crippen LogP) is 2.69. The molecule has 0 atom stereocenters. The third kappa shape index (κ3) is 3.30. The molecule has 0 aliphatic heterocycles. The van der Waals surface area contributed by atoms with Crippen molar-refractivity contribution in [1.29, 1.82) is 5.26 Å². The van der Waals surface area contributed by atoms with E-state index in [-0.39, 0.29) is 29.5 Å². The van der Waals surface area contributed by atoms with Crippen LogP contribution in [0.5, 0.6) is 0 Å². The van der Waals surface area contributed by atoms with Crippen LogP contribution in [0.4, 0.5) is 0 Å². The normalized spacial score (nSPS) is 14.8. The van der Waals surface area contributed by atoms with Crippen LogP contribution in [-0.2, 0) is 11.3 Å². The third-order valence-electron chi connectivity index (χ3n) is 4.20. The number of carbonyl (C=O) groups is 1. The average molecular weight is 374 g/mol. The first-order chi connectivity index (χ1) is 11.1. The van der Waals surface area contributed by atoms with Gasteiger partial charge in [-0.05, 0) is 31.0 Å². The van der Waals surface area contributed by atoms with E-state index in [0.29, 0.717) is 10.9 Å². The van der Waals surface area contributed by atoms with E-state index in [2.05, 4.69) is 21.2 Å². The zero-order chi connectivity index (χ0) is 16.4.